The molecule has 0 aliphatic carbocycles. The van der Waals surface area contributed by atoms with E-state index in [9.17, 15) is 0 Å². The van der Waals surface area contributed by atoms with Crippen LogP contribution in [0, 0.1) is 0 Å². The van der Waals surface area contributed by atoms with Gasteiger partial charge in [0.05, 0.1) is 10.0 Å². The molecule has 1 N–H and O–H groups in total. The minimum Gasteiger partial charge on any atom is -0.305 e. The Morgan fingerprint density at radius 3 is 2.37 bits per heavy atom. The maximum absolute atomic E-state index is 6.16. The Bertz CT molecular complexity index is 528. The van der Waals surface area contributed by atoms with E-state index in [-0.39, 0.29) is 6.04 Å². The molecule has 0 fully saturated rings. The zero-order valence-electron chi connectivity index (χ0n) is 10.2. The van der Waals surface area contributed by atoms with Crippen LogP contribution in [0.4, 0.5) is 0 Å². The van der Waals surface area contributed by atoms with Crippen molar-refractivity contribution in [3.05, 3.63) is 69.7 Å². The van der Waals surface area contributed by atoms with Gasteiger partial charge in [-0.15, -0.1) is 11.6 Å². The predicted octanol–water partition coefficient (Wildman–Crippen LogP) is 5.06. The largest absolute Gasteiger partial charge is 0.305 e. The Morgan fingerprint density at radius 1 is 0.947 bits per heavy atom. The summed E-state index contributed by atoms with van der Waals surface area (Å²) >= 11 is 18.2. The van der Waals surface area contributed by atoms with Crippen molar-refractivity contribution in [2.75, 3.05) is 5.88 Å². The zero-order chi connectivity index (χ0) is 13.7. The van der Waals surface area contributed by atoms with Crippen LogP contribution in [0.2, 0.25) is 10.0 Å². The van der Waals surface area contributed by atoms with Crippen molar-refractivity contribution in [3.63, 3.8) is 0 Å². The van der Waals surface area contributed by atoms with Gasteiger partial charge >= 0.3 is 0 Å². The van der Waals surface area contributed by atoms with E-state index in [4.69, 9.17) is 34.8 Å². The van der Waals surface area contributed by atoms with Gasteiger partial charge in [0.25, 0.3) is 0 Å². The number of halogens is 3. The Morgan fingerprint density at radius 2 is 1.68 bits per heavy atom. The third kappa shape index (κ3) is 3.87. The highest BCUT2D eigenvalue weighted by molar-refractivity contribution is 6.42. The molecule has 2 aromatic carbocycles. The second kappa shape index (κ2) is 7.16. The molecule has 0 saturated heterocycles. The van der Waals surface area contributed by atoms with Crippen molar-refractivity contribution < 1.29 is 0 Å². The molecular weight excluding hydrogens is 301 g/mol. The van der Waals surface area contributed by atoms with E-state index in [0.717, 1.165) is 11.1 Å². The molecule has 1 nitrogen and oxygen atoms in total. The van der Waals surface area contributed by atoms with Gasteiger partial charge in [-0.1, -0.05) is 65.7 Å². The Hall–Kier alpha value is -0.730. The van der Waals surface area contributed by atoms with Gasteiger partial charge in [-0.3, -0.25) is 0 Å². The molecule has 0 aromatic heterocycles. The van der Waals surface area contributed by atoms with Gasteiger partial charge in [0.15, 0.2) is 0 Å². The zero-order valence-corrected chi connectivity index (χ0v) is 12.5. The number of alkyl halides is 1. The lowest BCUT2D eigenvalue weighted by atomic mass is 10.1. The second-order valence-corrected chi connectivity index (χ2v) is 5.31. The first-order valence-corrected chi connectivity index (χ1v) is 7.28. The quantitative estimate of drug-likeness (QED) is 0.760. The van der Waals surface area contributed by atoms with Crippen LogP contribution in [0.5, 0.6) is 0 Å². The highest BCUT2D eigenvalue weighted by Crippen LogP contribution is 2.26. The molecule has 19 heavy (non-hydrogen) atoms. The molecule has 0 aliphatic rings. The fourth-order valence-corrected chi connectivity index (χ4v) is 2.54. The molecule has 2 aromatic rings. The van der Waals surface area contributed by atoms with Crippen molar-refractivity contribution in [1.29, 1.82) is 0 Å². The third-order valence-corrected chi connectivity index (χ3v) is 4.09. The summed E-state index contributed by atoms with van der Waals surface area (Å²) in [4.78, 5) is 0. The van der Waals surface area contributed by atoms with Crippen LogP contribution in [0.25, 0.3) is 0 Å². The van der Waals surface area contributed by atoms with Gasteiger partial charge in [0.1, 0.15) is 0 Å². The second-order valence-electron chi connectivity index (χ2n) is 4.21. The molecule has 0 bridgehead atoms. The molecule has 4 heteroatoms. The van der Waals surface area contributed by atoms with Gasteiger partial charge in [-0.2, -0.15) is 0 Å². The molecule has 0 aliphatic heterocycles. The lowest BCUT2D eigenvalue weighted by Gasteiger charge is -2.17. The summed E-state index contributed by atoms with van der Waals surface area (Å²) in [6, 6.07) is 15.8. The summed E-state index contributed by atoms with van der Waals surface area (Å²) in [6.07, 6.45) is 0. The molecule has 1 unspecified atom stereocenters. The first kappa shape index (κ1) is 14.7. The monoisotopic (exact) mass is 313 g/mol. The first-order chi connectivity index (χ1) is 9.22. The van der Waals surface area contributed by atoms with Crippen molar-refractivity contribution in [3.8, 4) is 0 Å². The summed E-state index contributed by atoms with van der Waals surface area (Å²) in [5, 5.41) is 4.56. The summed E-state index contributed by atoms with van der Waals surface area (Å²) < 4.78 is 0. The van der Waals surface area contributed by atoms with E-state index >= 15 is 0 Å². The smallest absolute Gasteiger partial charge is 0.0637 e. The van der Waals surface area contributed by atoms with Crippen LogP contribution < -0.4 is 5.32 Å². The van der Waals surface area contributed by atoms with Crippen molar-refractivity contribution >= 4 is 34.8 Å². The van der Waals surface area contributed by atoms with E-state index in [2.05, 4.69) is 17.4 Å². The van der Waals surface area contributed by atoms with E-state index in [0.29, 0.717) is 22.5 Å². The molecule has 1 atom stereocenters. The highest BCUT2D eigenvalue weighted by atomic mass is 35.5. The van der Waals surface area contributed by atoms with E-state index in [1.807, 2.05) is 30.3 Å². The number of hydrogen-bond acceptors (Lipinski definition) is 1. The third-order valence-electron chi connectivity index (χ3n) is 2.93. The molecule has 0 spiro atoms. The number of benzene rings is 2. The fraction of sp³-hybridized carbons (Fsp3) is 0.200. The molecule has 0 radical (unpaired) electrons. The first-order valence-electron chi connectivity index (χ1n) is 5.99. The highest BCUT2D eigenvalue weighted by Gasteiger charge is 2.11. The van der Waals surface area contributed by atoms with Crippen LogP contribution in [0.3, 0.4) is 0 Å². The van der Waals surface area contributed by atoms with E-state index in [1.165, 1.54) is 0 Å². The van der Waals surface area contributed by atoms with Crippen LogP contribution in [-0.2, 0) is 6.54 Å². The van der Waals surface area contributed by atoms with Crippen LogP contribution in [-0.4, -0.2) is 5.88 Å². The lowest BCUT2D eigenvalue weighted by Crippen LogP contribution is -2.22. The minimum absolute atomic E-state index is 0.0953. The summed E-state index contributed by atoms with van der Waals surface area (Å²) in [7, 11) is 0. The van der Waals surface area contributed by atoms with Crippen molar-refractivity contribution in [2.45, 2.75) is 12.6 Å². The molecule has 2 rings (SSSR count). The molecule has 0 saturated carbocycles. The summed E-state index contributed by atoms with van der Waals surface area (Å²) in [5.41, 5.74) is 2.14. The van der Waals surface area contributed by atoms with Crippen molar-refractivity contribution in [2.24, 2.45) is 0 Å². The maximum Gasteiger partial charge on any atom is 0.0637 e. The van der Waals surface area contributed by atoms with Gasteiger partial charge in [0.2, 0.25) is 0 Å². The summed E-state index contributed by atoms with van der Waals surface area (Å²) in [5.74, 6) is 0.502. The van der Waals surface area contributed by atoms with Crippen LogP contribution >= 0.6 is 34.8 Å². The number of rotatable bonds is 5. The molecule has 0 amide bonds. The standard InChI is InChI=1S/C15H14Cl3N/c16-9-14(11-5-2-1-3-6-11)19-10-12-7-4-8-13(17)15(12)18/h1-8,14,19H,9-10H2. The van der Waals surface area contributed by atoms with Gasteiger partial charge in [-0.25, -0.2) is 0 Å². The number of hydrogen-bond donors (Lipinski definition) is 1. The summed E-state index contributed by atoms with van der Waals surface area (Å²) in [6.45, 7) is 0.631. The SMILES string of the molecule is ClCC(NCc1cccc(Cl)c1Cl)c1ccccc1. The molecular formula is C15H14Cl3N. The Balaban J connectivity index is 2.06. The van der Waals surface area contributed by atoms with Gasteiger partial charge in [0, 0.05) is 18.5 Å². The molecule has 100 valence electrons. The minimum atomic E-state index is 0.0953. The van der Waals surface area contributed by atoms with Crippen LogP contribution in [0.15, 0.2) is 48.5 Å². The van der Waals surface area contributed by atoms with E-state index in [1.54, 1.807) is 6.07 Å². The topological polar surface area (TPSA) is 12.0 Å². The van der Waals surface area contributed by atoms with Gasteiger partial charge in [-0.05, 0) is 17.2 Å². The normalized spacial score (nSPS) is 12.4. The average molecular weight is 315 g/mol. The van der Waals surface area contributed by atoms with Gasteiger partial charge < -0.3 is 5.32 Å². The average Bonchev–Trinajstić information content (AvgIpc) is 2.45. The number of nitrogens with one attached hydrogen (secondary N) is 1. The predicted molar refractivity (Wildman–Crippen MR) is 83.2 cm³/mol. The van der Waals surface area contributed by atoms with Crippen LogP contribution in [0.1, 0.15) is 17.2 Å². The lowest BCUT2D eigenvalue weighted by molar-refractivity contribution is 0.579. The Kier molecular flexibility index (Phi) is 5.53. The van der Waals surface area contributed by atoms with E-state index < -0.39 is 0 Å². The van der Waals surface area contributed by atoms with Crippen molar-refractivity contribution in [1.82, 2.24) is 5.32 Å². The Labute approximate surface area is 128 Å². The maximum atomic E-state index is 6.16. The fourth-order valence-electron chi connectivity index (χ4n) is 1.86. The molecule has 0 heterocycles.